The van der Waals surface area contributed by atoms with E-state index in [0.717, 1.165) is 69.2 Å². The summed E-state index contributed by atoms with van der Waals surface area (Å²) in [5.41, 5.74) is 6.27. The molecule has 0 unspecified atom stereocenters. The smallest absolute Gasteiger partial charge is 0.164 e. The number of ether oxygens (including phenoxy) is 1. The Balaban J connectivity index is 1.27. The number of benzene rings is 4. The van der Waals surface area contributed by atoms with Crippen molar-refractivity contribution in [1.82, 2.24) is 44.8 Å². The van der Waals surface area contributed by atoms with Gasteiger partial charge in [0.05, 0.1) is 5.39 Å². The Morgan fingerprint density at radius 1 is 0.490 bits per heavy atom. The molecule has 3 aliphatic rings. The van der Waals surface area contributed by atoms with Crippen LogP contribution in [0.2, 0.25) is 0 Å². The van der Waals surface area contributed by atoms with E-state index >= 15 is 0 Å². The molecule has 0 amide bonds. The summed E-state index contributed by atoms with van der Waals surface area (Å²) in [6.07, 6.45) is 3.81. The molecule has 0 aliphatic carbocycles. The second-order valence-corrected chi connectivity index (χ2v) is 12.7. The van der Waals surface area contributed by atoms with Gasteiger partial charge in [0.25, 0.3) is 0 Å². The highest BCUT2D eigenvalue weighted by atomic mass is 16.5. The van der Waals surface area contributed by atoms with Crippen molar-refractivity contribution in [2.45, 2.75) is 19.3 Å². The van der Waals surface area contributed by atoms with Crippen molar-refractivity contribution < 1.29 is 4.74 Å². The van der Waals surface area contributed by atoms with Crippen molar-refractivity contribution in [1.29, 1.82) is 0 Å². The Morgan fingerprint density at radius 2 is 0.980 bits per heavy atom. The molecule has 1 saturated heterocycles. The van der Waals surface area contributed by atoms with E-state index in [9.17, 15) is 0 Å². The SMILES string of the molecule is c1ccc2c(c1)-c1nc3nc(nc4[nH]c(nc5[nH]c(nc-2n1)c1ccccc51)c1c(OCCN2CCCCC2)cccc41)-c1ccccc1-3. The number of nitrogens with zero attached hydrogens (tertiary/aromatic N) is 7. The average molecular weight is 642 g/mol. The number of likely N-dealkylation sites (tertiary alicyclic amines) is 1. The summed E-state index contributed by atoms with van der Waals surface area (Å²) in [6.45, 7) is 3.73. The number of nitrogens with one attached hydrogen (secondary N) is 2. The summed E-state index contributed by atoms with van der Waals surface area (Å²) in [6, 6.07) is 30.3. The zero-order valence-corrected chi connectivity index (χ0v) is 26.6. The molecule has 2 N–H and O–H groups in total. The molecule has 238 valence electrons. The Hall–Kier alpha value is -6.00. The summed E-state index contributed by atoms with van der Waals surface area (Å²) >= 11 is 0. The van der Waals surface area contributed by atoms with Crippen LogP contribution in [-0.2, 0) is 0 Å². The van der Waals surface area contributed by atoms with E-state index in [-0.39, 0.29) is 0 Å². The molecular weight excluding hydrogens is 610 g/mol. The number of rotatable bonds is 4. The molecular formula is C39H31N9O. The van der Waals surface area contributed by atoms with Gasteiger partial charge in [-0.3, -0.25) is 4.90 Å². The molecule has 10 heteroatoms. The molecule has 0 atom stereocenters. The lowest BCUT2D eigenvalue weighted by Gasteiger charge is -2.26. The number of aromatic nitrogens is 8. The van der Waals surface area contributed by atoms with Crippen LogP contribution in [0, 0.1) is 0 Å². The second-order valence-electron chi connectivity index (χ2n) is 12.7. The van der Waals surface area contributed by atoms with Crippen LogP contribution in [0.5, 0.6) is 5.75 Å². The number of fused-ring (bicyclic) bond motifs is 20. The summed E-state index contributed by atoms with van der Waals surface area (Å²) in [4.78, 5) is 40.0. The lowest BCUT2D eigenvalue weighted by atomic mass is 10.1. The maximum absolute atomic E-state index is 6.52. The average Bonchev–Trinajstić information content (AvgIpc) is 3.88. The van der Waals surface area contributed by atoms with Crippen LogP contribution < -0.4 is 4.74 Å². The number of aromatic amines is 2. The Bertz CT molecular complexity index is 2600. The van der Waals surface area contributed by atoms with Crippen molar-refractivity contribution in [3.63, 3.8) is 0 Å². The van der Waals surface area contributed by atoms with E-state index in [1.54, 1.807) is 0 Å². The van der Waals surface area contributed by atoms with Gasteiger partial charge >= 0.3 is 0 Å². The van der Waals surface area contributed by atoms with Gasteiger partial charge in [0.1, 0.15) is 34.9 Å². The monoisotopic (exact) mass is 641 g/mol. The third kappa shape index (κ3) is 4.75. The zero-order valence-electron chi connectivity index (χ0n) is 26.6. The first-order chi connectivity index (χ1) is 24.3. The lowest BCUT2D eigenvalue weighted by Crippen LogP contribution is -2.33. The van der Waals surface area contributed by atoms with Gasteiger partial charge in [-0.25, -0.2) is 29.9 Å². The van der Waals surface area contributed by atoms with Gasteiger partial charge in [-0.2, -0.15) is 0 Å². The van der Waals surface area contributed by atoms with Crippen LogP contribution in [0.25, 0.3) is 89.7 Å². The standard InChI is InChI=1S/C39H31N9O/c1-8-19-48(20-9-1)21-22-49-30-18-10-17-29-31(30)39-46-37-28-16-7-6-15-27(28)35(44-37)42-33-24-12-3-2-11-23(24)32(40-33)41-34-25-13-4-5-14-26(25)36(43-34)45-38(29)47-39/h2-7,10-18H,1,8-9,19-22H2,(H2,40,41,42,43,44,45,46,47). The molecule has 3 aromatic heterocycles. The second kappa shape index (κ2) is 11.3. The summed E-state index contributed by atoms with van der Waals surface area (Å²) < 4.78 is 6.52. The molecule has 10 nitrogen and oxygen atoms in total. The number of H-pyrrole nitrogens is 2. The first kappa shape index (κ1) is 28.1. The normalized spacial score (nSPS) is 14.2. The van der Waals surface area contributed by atoms with E-state index in [1.807, 2.05) is 72.8 Å². The van der Waals surface area contributed by atoms with E-state index in [4.69, 9.17) is 34.6 Å². The van der Waals surface area contributed by atoms with Crippen molar-refractivity contribution >= 4 is 44.1 Å². The molecule has 4 aromatic carbocycles. The van der Waals surface area contributed by atoms with Crippen molar-refractivity contribution in [2.24, 2.45) is 0 Å². The van der Waals surface area contributed by atoms with E-state index in [1.165, 1.54) is 19.3 Å². The molecule has 6 heterocycles. The summed E-state index contributed by atoms with van der Waals surface area (Å²) in [7, 11) is 0. The first-order valence-electron chi connectivity index (χ1n) is 16.9. The van der Waals surface area contributed by atoms with Gasteiger partial charge in [0, 0.05) is 45.0 Å². The number of hydrogen-bond acceptors (Lipinski definition) is 8. The minimum absolute atomic E-state index is 0.561. The molecule has 10 rings (SSSR count). The molecule has 3 aliphatic heterocycles. The molecule has 8 bridgehead atoms. The third-order valence-electron chi connectivity index (χ3n) is 9.65. The summed E-state index contributed by atoms with van der Waals surface area (Å²) in [5.74, 6) is 3.04. The van der Waals surface area contributed by atoms with E-state index in [0.29, 0.717) is 52.5 Å². The highest BCUT2D eigenvalue weighted by molar-refractivity contribution is 6.10. The van der Waals surface area contributed by atoms with Crippen LogP contribution >= 0.6 is 0 Å². The van der Waals surface area contributed by atoms with Crippen LogP contribution in [0.4, 0.5) is 0 Å². The minimum atomic E-state index is 0.561. The van der Waals surface area contributed by atoms with Crippen LogP contribution in [-0.4, -0.2) is 71.0 Å². The van der Waals surface area contributed by atoms with Gasteiger partial charge in [0.15, 0.2) is 23.3 Å². The molecule has 0 saturated carbocycles. The van der Waals surface area contributed by atoms with E-state index in [2.05, 4.69) is 33.1 Å². The first-order valence-corrected chi connectivity index (χ1v) is 16.9. The van der Waals surface area contributed by atoms with Crippen LogP contribution in [0.3, 0.4) is 0 Å². The number of hydrogen-bond donors (Lipinski definition) is 2. The molecule has 0 spiro atoms. The maximum Gasteiger partial charge on any atom is 0.164 e. The highest BCUT2D eigenvalue weighted by Gasteiger charge is 2.23. The van der Waals surface area contributed by atoms with Crippen molar-refractivity contribution in [3.05, 3.63) is 91.0 Å². The van der Waals surface area contributed by atoms with Crippen molar-refractivity contribution in [3.8, 4) is 51.3 Å². The quantitative estimate of drug-likeness (QED) is 0.200. The highest BCUT2D eigenvalue weighted by Crippen LogP contribution is 2.38. The fourth-order valence-electron chi connectivity index (χ4n) is 7.25. The topological polar surface area (TPSA) is 121 Å². The lowest BCUT2D eigenvalue weighted by molar-refractivity contribution is 0.184. The van der Waals surface area contributed by atoms with Gasteiger partial charge in [-0.05, 0) is 32.0 Å². The zero-order chi connectivity index (χ0) is 32.3. The molecule has 49 heavy (non-hydrogen) atoms. The summed E-state index contributed by atoms with van der Waals surface area (Å²) in [5, 5.41) is 3.67. The van der Waals surface area contributed by atoms with Crippen LogP contribution in [0.1, 0.15) is 19.3 Å². The van der Waals surface area contributed by atoms with Crippen molar-refractivity contribution in [2.75, 3.05) is 26.2 Å². The largest absolute Gasteiger partial charge is 0.491 e. The molecule has 1 fully saturated rings. The number of piperidine rings is 1. The predicted molar refractivity (Wildman–Crippen MR) is 192 cm³/mol. The van der Waals surface area contributed by atoms with Crippen LogP contribution in [0.15, 0.2) is 91.0 Å². The Kier molecular flexibility index (Phi) is 6.48. The fourth-order valence-corrected chi connectivity index (χ4v) is 7.25. The fraction of sp³-hybridized carbons (Fsp3) is 0.179. The van der Waals surface area contributed by atoms with E-state index < -0.39 is 0 Å². The van der Waals surface area contributed by atoms with Gasteiger partial charge in [0.2, 0.25) is 0 Å². The molecule has 0 radical (unpaired) electrons. The Labute approximate surface area is 281 Å². The minimum Gasteiger partial charge on any atom is -0.491 e. The third-order valence-corrected chi connectivity index (χ3v) is 9.65. The maximum atomic E-state index is 6.52. The van der Waals surface area contributed by atoms with Gasteiger partial charge < -0.3 is 14.7 Å². The molecule has 7 aromatic rings. The Morgan fingerprint density at radius 3 is 1.59 bits per heavy atom. The van der Waals surface area contributed by atoms with Gasteiger partial charge in [-0.1, -0.05) is 91.3 Å². The van der Waals surface area contributed by atoms with Gasteiger partial charge in [-0.15, -0.1) is 0 Å². The predicted octanol–water partition coefficient (Wildman–Crippen LogP) is 7.73.